The summed E-state index contributed by atoms with van der Waals surface area (Å²) in [5.41, 5.74) is 8.40. The van der Waals surface area contributed by atoms with Gasteiger partial charge in [-0.2, -0.15) is 5.10 Å². The standard InChI is InChI=1S/C25H35N7O4/c1-4-7-31-22-19(27-25(31)28-24(34)20-14-17(3)29-32(20)5-2)15-18(23(26)33)16-21(22)36-11-6-8-30-9-12-35-13-10-30/h14-16H,4-13H2,1-3H3,(H2,26,33)(H,27,28,34). The topological polar surface area (TPSA) is 130 Å². The first-order valence-electron chi connectivity index (χ1n) is 12.5. The molecule has 0 spiro atoms. The number of carbonyl (C=O) groups excluding carboxylic acids is 2. The Kier molecular flexibility index (Phi) is 8.21. The molecule has 2 aromatic heterocycles. The van der Waals surface area contributed by atoms with E-state index in [0.29, 0.717) is 48.2 Å². The molecular weight excluding hydrogens is 462 g/mol. The first kappa shape index (κ1) is 25.6. The average Bonchev–Trinajstić information content (AvgIpc) is 3.42. The number of aryl methyl sites for hydroxylation is 3. The molecule has 11 nitrogen and oxygen atoms in total. The highest BCUT2D eigenvalue weighted by atomic mass is 16.5. The van der Waals surface area contributed by atoms with E-state index in [0.717, 1.165) is 56.9 Å². The van der Waals surface area contributed by atoms with Crippen LogP contribution in [-0.4, -0.2) is 75.5 Å². The summed E-state index contributed by atoms with van der Waals surface area (Å²) in [4.78, 5) is 32.1. The zero-order valence-electron chi connectivity index (χ0n) is 21.2. The molecule has 0 bridgehead atoms. The lowest BCUT2D eigenvalue weighted by molar-refractivity contribution is 0.0358. The van der Waals surface area contributed by atoms with Crippen molar-refractivity contribution in [3.63, 3.8) is 0 Å². The van der Waals surface area contributed by atoms with Gasteiger partial charge in [0.25, 0.3) is 5.91 Å². The van der Waals surface area contributed by atoms with Crippen LogP contribution in [0.1, 0.15) is 53.2 Å². The van der Waals surface area contributed by atoms with Crippen LogP contribution in [0.2, 0.25) is 0 Å². The molecule has 36 heavy (non-hydrogen) atoms. The minimum Gasteiger partial charge on any atom is -0.491 e. The van der Waals surface area contributed by atoms with Crippen LogP contribution in [0.4, 0.5) is 5.95 Å². The molecule has 1 fully saturated rings. The Bertz CT molecular complexity index is 1230. The van der Waals surface area contributed by atoms with Gasteiger partial charge in [0, 0.05) is 38.3 Å². The van der Waals surface area contributed by atoms with E-state index in [9.17, 15) is 9.59 Å². The van der Waals surface area contributed by atoms with Crippen LogP contribution in [-0.2, 0) is 17.8 Å². The van der Waals surface area contributed by atoms with E-state index in [4.69, 9.17) is 15.2 Å². The molecule has 1 aliphatic heterocycles. The Labute approximate surface area is 210 Å². The maximum absolute atomic E-state index is 13.1. The summed E-state index contributed by atoms with van der Waals surface area (Å²) < 4.78 is 15.2. The van der Waals surface area contributed by atoms with Gasteiger partial charge in [-0.3, -0.25) is 24.5 Å². The van der Waals surface area contributed by atoms with Crippen molar-refractivity contribution in [1.29, 1.82) is 0 Å². The number of hydrogen-bond acceptors (Lipinski definition) is 7. The maximum Gasteiger partial charge on any atom is 0.276 e. The summed E-state index contributed by atoms with van der Waals surface area (Å²) in [7, 11) is 0. The number of aromatic nitrogens is 4. The molecule has 0 aliphatic carbocycles. The van der Waals surface area contributed by atoms with Crippen LogP contribution in [0.5, 0.6) is 5.75 Å². The number of nitrogens with zero attached hydrogens (tertiary/aromatic N) is 5. The minimum absolute atomic E-state index is 0.298. The van der Waals surface area contributed by atoms with Crippen molar-refractivity contribution in [3.05, 3.63) is 35.2 Å². The quantitative estimate of drug-likeness (QED) is 0.389. The van der Waals surface area contributed by atoms with E-state index in [1.165, 1.54) is 0 Å². The lowest BCUT2D eigenvalue weighted by Gasteiger charge is -2.26. The van der Waals surface area contributed by atoms with Crippen molar-refractivity contribution < 1.29 is 19.1 Å². The molecule has 194 valence electrons. The van der Waals surface area contributed by atoms with Gasteiger partial charge in [0.2, 0.25) is 11.9 Å². The molecule has 11 heteroatoms. The first-order chi connectivity index (χ1) is 17.4. The number of rotatable bonds is 11. The van der Waals surface area contributed by atoms with Gasteiger partial charge in [0.1, 0.15) is 17.0 Å². The number of nitrogens with one attached hydrogen (secondary N) is 1. The Morgan fingerprint density at radius 1 is 1.17 bits per heavy atom. The molecule has 1 aliphatic rings. The number of ether oxygens (including phenoxy) is 2. The highest BCUT2D eigenvalue weighted by Crippen LogP contribution is 2.31. The van der Waals surface area contributed by atoms with Crippen molar-refractivity contribution in [2.24, 2.45) is 5.73 Å². The number of imidazole rings is 1. The highest BCUT2D eigenvalue weighted by molar-refractivity contribution is 6.04. The third kappa shape index (κ3) is 5.68. The lowest BCUT2D eigenvalue weighted by atomic mass is 10.1. The van der Waals surface area contributed by atoms with E-state index in [-0.39, 0.29) is 5.91 Å². The van der Waals surface area contributed by atoms with Gasteiger partial charge in [-0.25, -0.2) is 4.98 Å². The van der Waals surface area contributed by atoms with Crippen LogP contribution in [0.25, 0.3) is 11.0 Å². The van der Waals surface area contributed by atoms with Crippen molar-refractivity contribution in [2.75, 3.05) is 44.8 Å². The Hall–Kier alpha value is -3.44. The zero-order chi connectivity index (χ0) is 25.7. The molecule has 1 aromatic carbocycles. The van der Waals surface area contributed by atoms with Crippen LogP contribution < -0.4 is 15.8 Å². The summed E-state index contributed by atoms with van der Waals surface area (Å²) in [5, 5.41) is 7.30. The van der Waals surface area contributed by atoms with E-state index in [2.05, 4.69) is 20.3 Å². The van der Waals surface area contributed by atoms with Gasteiger partial charge in [0.15, 0.2) is 0 Å². The molecule has 3 heterocycles. The monoisotopic (exact) mass is 497 g/mol. The van der Waals surface area contributed by atoms with E-state index in [1.807, 2.05) is 25.3 Å². The van der Waals surface area contributed by atoms with Crippen LogP contribution in [0.3, 0.4) is 0 Å². The summed E-state index contributed by atoms with van der Waals surface area (Å²) in [6.07, 6.45) is 1.64. The highest BCUT2D eigenvalue weighted by Gasteiger charge is 2.21. The number of amides is 2. The van der Waals surface area contributed by atoms with Crippen molar-refractivity contribution in [3.8, 4) is 5.75 Å². The second-order valence-electron chi connectivity index (χ2n) is 8.89. The fourth-order valence-corrected chi connectivity index (χ4v) is 4.45. The number of benzene rings is 1. The number of hydrogen-bond donors (Lipinski definition) is 2. The number of carbonyl (C=O) groups is 2. The molecule has 0 radical (unpaired) electrons. The predicted molar refractivity (Wildman–Crippen MR) is 137 cm³/mol. The number of anilines is 1. The summed E-state index contributed by atoms with van der Waals surface area (Å²) in [6.45, 7) is 11.8. The SMILES string of the molecule is CCCn1c(NC(=O)c2cc(C)nn2CC)nc2cc(C(N)=O)cc(OCCCN3CCOCC3)c21. The minimum atomic E-state index is -0.562. The fourth-order valence-electron chi connectivity index (χ4n) is 4.45. The third-order valence-electron chi connectivity index (χ3n) is 6.18. The van der Waals surface area contributed by atoms with Crippen molar-refractivity contribution >= 4 is 28.8 Å². The molecule has 1 saturated heterocycles. The van der Waals surface area contributed by atoms with E-state index < -0.39 is 5.91 Å². The van der Waals surface area contributed by atoms with E-state index in [1.54, 1.807) is 22.9 Å². The normalized spacial score (nSPS) is 14.3. The molecule has 2 amide bonds. The molecule has 4 rings (SSSR count). The van der Waals surface area contributed by atoms with Crippen molar-refractivity contribution in [2.45, 2.75) is 46.7 Å². The maximum atomic E-state index is 13.1. The van der Waals surface area contributed by atoms with Crippen LogP contribution >= 0.6 is 0 Å². The number of nitrogens with two attached hydrogens (primary N) is 1. The van der Waals surface area contributed by atoms with Crippen LogP contribution in [0, 0.1) is 6.92 Å². The van der Waals surface area contributed by atoms with Gasteiger partial charge in [-0.1, -0.05) is 6.92 Å². The lowest BCUT2D eigenvalue weighted by Crippen LogP contribution is -2.37. The Morgan fingerprint density at radius 3 is 2.64 bits per heavy atom. The Balaban J connectivity index is 1.62. The van der Waals surface area contributed by atoms with Gasteiger partial charge in [-0.05, 0) is 44.9 Å². The smallest absolute Gasteiger partial charge is 0.276 e. The van der Waals surface area contributed by atoms with Crippen LogP contribution in [0.15, 0.2) is 18.2 Å². The summed E-state index contributed by atoms with van der Waals surface area (Å²) in [6, 6.07) is 5.05. The first-order valence-corrected chi connectivity index (χ1v) is 12.5. The zero-order valence-corrected chi connectivity index (χ0v) is 21.2. The molecule has 0 saturated carbocycles. The van der Waals surface area contributed by atoms with Gasteiger partial charge >= 0.3 is 0 Å². The summed E-state index contributed by atoms with van der Waals surface area (Å²) in [5.74, 6) is 0.0542. The van der Waals surface area contributed by atoms with Gasteiger partial charge in [0.05, 0.1) is 31.0 Å². The fraction of sp³-hybridized carbons (Fsp3) is 0.520. The third-order valence-corrected chi connectivity index (χ3v) is 6.18. The second kappa shape index (κ2) is 11.5. The number of morpholine rings is 1. The molecule has 0 atom stereocenters. The molecular formula is C25H35N7O4. The molecule has 3 N–H and O–H groups in total. The van der Waals surface area contributed by atoms with Crippen molar-refractivity contribution in [1.82, 2.24) is 24.2 Å². The number of fused-ring (bicyclic) bond motifs is 1. The number of primary amides is 1. The largest absolute Gasteiger partial charge is 0.491 e. The molecule has 0 unspecified atom stereocenters. The molecule has 3 aromatic rings. The summed E-state index contributed by atoms with van der Waals surface area (Å²) >= 11 is 0. The van der Waals surface area contributed by atoms with Gasteiger partial charge in [-0.15, -0.1) is 0 Å². The average molecular weight is 498 g/mol. The van der Waals surface area contributed by atoms with Gasteiger partial charge < -0.3 is 19.8 Å². The predicted octanol–water partition coefficient (Wildman–Crippen LogP) is 2.42. The Morgan fingerprint density at radius 2 is 1.94 bits per heavy atom. The van der Waals surface area contributed by atoms with E-state index >= 15 is 0 Å². The second-order valence-corrected chi connectivity index (χ2v) is 8.89.